The van der Waals surface area contributed by atoms with Crippen LogP contribution < -0.4 is 5.48 Å². The number of aromatic nitrogens is 3. The Hall–Kier alpha value is -6.12. The van der Waals surface area contributed by atoms with Crippen molar-refractivity contribution in [1.29, 1.82) is 0 Å². The van der Waals surface area contributed by atoms with Gasteiger partial charge in [-0.25, -0.2) is 34.6 Å². The number of carbonyl (C=O) groups excluding carboxylic acids is 8. The number of allylic oxidation sites excluding steroid dienone is 1. The molecule has 394 valence electrons. The quantitative estimate of drug-likeness (QED) is 0.0280. The van der Waals surface area contributed by atoms with Gasteiger partial charge in [-0.1, -0.05) is 47.3 Å². The lowest BCUT2D eigenvalue weighted by Crippen LogP contribution is -2.45. The highest BCUT2D eigenvalue weighted by Crippen LogP contribution is 2.50. The van der Waals surface area contributed by atoms with Gasteiger partial charge in [-0.3, -0.25) is 24.0 Å². The molecule has 3 aliphatic carbocycles. The summed E-state index contributed by atoms with van der Waals surface area (Å²) in [6, 6.07) is 3.84. The molecule has 5 aliphatic rings. The van der Waals surface area contributed by atoms with E-state index in [1.807, 2.05) is 21.6 Å². The topological polar surface area (TPSA) is 282 Å². The maximum atomic E-state index is 14.0. The summed E-state index contributed by atoms with van der Waals surface area (Å²) in [6.07, 6.45) is 8.62. The highest BCUT2D eigenvalue weighted by Gasteiger charge is 2.57. The molecule has 0 unspecified atom stereocenters. The Morgan fingerprint density at radius 1 is 0.649 bits per heavy atom. The highest BCUT2D eigenvalue weighted by atomic mass is 33.1. The molecule has 2 aliphatic heterocycles. The monoisotopic (exact) mass is 1060 g/mol. The number of hydroxylamine groups is 1. The van der Waals surface area contributed by atoms with Crippen molar-refractivity contribution >= 4 is 74.3 Å². The van der Waals surface area contributed by atoms with E-state index in [0.29, 0.717) is 18.6 Å². The fourth-order valence-electron chi connectivity index (χ4n) is 9.17. The summed E-state index contributed by atoms with van der Waals surface area (Å²) < 4.78 is 48.7. The Labute approximate surface area is 432 Å². The Morgan fingerprint density at radius 3 is 1.82 bits per heavy atom. The van der Waals surface area contributed by atoms with Crippen LogP contribution in [0, 0.1) is 0 Å². The second kappa shape index (κ2) is 24.0. The number of pyridine rings is 2. The average Bonchev–Trinajstić information content (AvgIpc) is 4.30. The van der Waals surface area contributed by atoms with Crippen LogP contribution in [0.15, 0.2) is 35.4 Å². The lowest BCUT2D eigenvalue weighted by atomic mass is 9.81. The number of hydrogen-bond donors (Lipinski definition) is 2. The van der Waals surface area contributed by atoms with E-state index in [1.165, 1.54) is 52.7 Å². The summed E-state index contributed by atoms with van der Waals surface area (Å²) >= 11 is 0. The lowest BCUT2D eigenvalue weighted by molar-refractivity contribution is -0.136. The van der Waals surface area contributed by atoms with Crippen molar-refractivity contribution in [3.63, 3.8) is 0 Å². The smallest absolute Gasteiger partial charge is 0.354 e. The molecule has 2 fully saturated rings. The predicted octanol–water partition coefficient (Wildman–Crippen LogP) is 5.49. The Morgan fingerprint density at radius 2 is 1.19 bits per heavy atom. The summed E-state index contributed by atoms with van der Waals surface area (Å²) in [5.41, 5.74) is 2.66. The van der Waals surface area contributed by atoms with Crippen molar-refractivity contribution in [3.8, 4) is 11.3 Å². The van der Waals surface area contributed by atoms with Crippen molar-refractivity contribution < 1.29 is 85.8 Å². The number of aromatic amines is 1. The third kappa shape index (κ3) is 10.7. The van der Waals surface area contributed by atoms with Crippen LogP contribution in [-0.4, -0.2) is 154 Å². The van der Waals surface area contributed by atoms with Crippen molar-refractivity contribution in [2.45, 2.75) is 69.4 Å². The number of esters is 4. The molecule has 24 heteroatoms. The number of amides is 1. The summed E-state index contributed by atoms with van der Waals surface area (Å²) in [5.74, 6) is -7.63. The van der Waals surface area contributed by atoms with Crippen LogP contribution in [0.25, 0.3) is 16.8 Å². The van der Waals surface area contributed by atoms with Crippen LogP contribution >= 0.6 is 21.6 Å². The first-order valence-corrected chi connectivity index (χ1v) is 26.4. The van der Waals surface area contributed by atoms with Gasteiger partial charge >= 0.3 is 23.9 Å². The molecule has 74 heavy (non-hydrogen) atoms. The minimum Gasteiger partial charge on any atom is -0.466 e. The van der Waals surface area contributed by atoms with Gasteiger partial charge in [0.2, 0.25) is 17.3 Å². The number of fused-ring (bicyclic) bond motifs is 7. The number of nitrogens with one attached hydrogen (secondary N) is 2. The molecule has 0 saturated carbocycles. The second-order valence-corrected chi connectivity index (χ2v) is 19.9. The van der Waals surface area contributed by atoms with Crippen LogP contribution in [0.5, 0.6) is 0 Å². The summed E-state index contributed by atoms with van der Waals surface area (Å²) in [7, 11) is 8.40. The molecule has 8 rings (SSSR count). The Bertz CT molecular complexity index is 2810. The molecular formula is C50H54N4O18S2. The number of rotatable bonds is 24. The largest absolute Gasteiger partial charge is 0.466 e. The van der Waals surface area contributed by atoms with Crippen LogP contribution in [0.4, 0.5) is 0 Å². The van der Waals surface area contributed by atoms with E-state index in [1.54, 1.807) is 0 Å². The third-order valence-corrected chi connectivity index (χ3v) is 15.3. The molecule has 0 radical (unpaired) electrons. The first kappa shape index (κ1) is 54.2. The van der Waals surface area contributed by atoms with Gasteiger partial charge in [-0.05, 0) is 55.5 Å². The molecule has 2 saturated heterocycles. The molecule has 3 aromatic rings. The molecule has 2 N–H and O–H groups in total. The molecule has 3 aromatic heterocycles. The van der Waals surface area contributed by atoms with Crippen LogP contribution in [0.1, 0.15) is 142 Å². The maximum absolute atomic E-state index is 14.0. The molecule has 1 amide bonds. The number of ether oxygens (including phenoxy) is 9. The van der Waals surface area contributed by atoms with E-state index in [0.717, 1.165) is 56.5 Å². The summed E-state index contributed by atoms with van der Waals surface area (Å²) in [5, 5.41) is 0. The van der Waals surface area contributed by atoms with Gasteiger partial charge in [0.1, 0.15) is 35.1 Å². The van der Waals surface area contributed by atoms with Crippen LogP contribution in [-0.2, 0) is 58.1 Å². The van der Waals surface area contributed by atoms with E-state index >= 15 is 0 Å². The fourth-order valence-corrected chi connectivity index (χ4v) is 11.5. The third-order valence-electron chi connectivity index (χ3n) is 12.7. The minimum atomic E-state index is -1.93. The average molecular weight is 1060 g/mol. The number of Topliss-reactive ketones (excluding diaryl/α,β-unsaturated/α-hetero) is 3. The normalized spacial score (nSPS) is 16.6. The minimum absolute atomic E-state index is 0.00869. The van der Waals surface area contributed by atoms with Gasteiger partial charge in [-0.2, -0.15) is 0 Å². The number of carbonyl (C=O) groups is 8. The van der Waals surface area contributed by atoms with Gasteiger partial charge in [0.25, 0.3) is 17.5 Å². The number of hydrogen-bond acceptors (Lipinski definition) is 22. The van der Waals surface area contributed by atoms with Gasteiger partial charge in [0, 0.05) is 52.4 Å². The number of ketones is 3. The van der Waals surface area contributed by atoms with Crippen LogP contribution in [0.3, 0.4) is 0 Å². The van der Waals surface area contributed by atoms with E-state index in [4.69, 9.17) is 47.5 Å². The maximum Gasteiger partial charge on any atom is 0.354 e. The molecule has 0 atom stereocenters. The van der Waals surface area contributed by atoms with E-state index in [2.05, 4.69) is 20.4 Å². The number of methoxy groups -OCH3 is 4. The Kier molecular flexibility index (Phi) is 17.6. The molecule has 5 heterocycles. The molecule has 0 bridgehead atoms. The van der Waals surface area contributed by atoms with Gasteiger partial charge in [-0.15, -0.1) is 0 Å². The number of nitrogens with zero attached hydrogens (tertiary/aromatic N) is 2. The summed E-state index contributed by atoms with van der Waals surface area (Å²) in [4.78, 5) is 123. The zero-order valence-electron chi connectivity index (χ0n) is 41.1. The lowest BCUT2D eigenvalue weighted by Gasteiger charge is -2.32. The highest BCUT2D eigenvalue weighted by molar-refractivity contribution is 8.76. The van der Waals surface area contributed by atoms with Crippen LogP contribution in [0.2, 0.25) is 0 Å². The predicted molar refractivity (Wildman–Crippen MR) is 261 cm³/mol. The fraction of sp³-hybridized carbons (Fsp3) is 0.480. The zero-order chi connectivity index (χ0) is 52.6. The molecular weight excluding hydrogens is 1010 g/mol. The van der Waals surface area contributed by atoms with E-state index in [9.17, 15) is 38.4 Å². The Balaban J connectivity index is 0.702. The van der Waals surface area contributed by atoms with Gasteiger partial charge in [0.15, 0.2) is 0 Å². The summed E-state index contributed by atoms with van der Waals surface area (Å²) in [6.45, 7) is 0.567. The number of unbranched alkanes of at least 4 members (excludes halogenated alkanes) is 6. The van der Waals surface area contributed by atoms with E-state index < -0.39 is 58.7 Å². The number of H-pyrrole nitrogens is 1. The standard InChI is InChI=1S/C50H54N4O18S2/c1-63-45(59)27-21-28-31(22-27)49(68-15-16-69-49)42(56)40-37(28)29(46(60)64-2)24-34(52-40)44(58)54-72-14-10-6-8-12-20-74-73-19-11-7-5-9-13-67-26-36(55)33-23-30(47(61)65-3)38-39-32(25-35(53-39)48(62)66-4)50(70-17-18-71-50)43(57)41(38)51-33/h22-25,53H,5-21,26H2,1-4H3,(H,54,58). The van der Waals surface area contributed by atoms with Gasteiger partial charge < -0.3 is 47.6 Å². The van der Waals surface area contributed by atoms with E-state index in [-0.39, 0.29) is 119 Å². The van der Waals surface area contributed by atoms with Crippen molar-refractivity contribution in [2.24, 2.45) is 0 Å². The van der Waals surface area contributed by atoms with Crippen molar-refractivity contribution in [1.82, 2.24) is 20.4 Å². The van der Waals surface area contributed by atoms with Gasteiger partial charge in [0.05, 0.1) is 78.3 Å². The second-order valence-electron chi connectivity index (χ2n) is 17.2. The first-order chi connectivity index (χ1) is 35.8. The molecule has 2 spiro atoms. The van der Waals surface area contributed by atoms with Crippen molar-refractivity contribution in [3.05, 3.63) is 86.1 Å². The zero-order valence-corrected chi connectivity index (χ0v) is 42.7. The molecule has 22 nitrogen and oxygen atoms in total. The first-order valence-electron chi connectivity index (χ1n) is 23.9. The SMILES string of the molecule is COC(=O)C1=CC2=C(C1)c1c(C(=O)OC)cc(C(=O)NOCCCCCCSSCCCCCCOCC(=O)c3cc(C(=O)OC)c4c(n3)C(=O)C3(OCCO3)c3cc(C(=O)OC)[nH]c3-4)nc1C(=O)C21OCCO1. The molecule has 0 aromatic carbocycles. The van der Waals surface area contributed by atoms with Crippen molar-refractivity contribution in [2.75, 3.05) is 86.2 Å².